The van der Waals surface area contributed by atoms with Crippen LogP contribution in [0.15, 0.2) is 41.4 Å². The Labute approximate surface area is 179 Å². The Morgan fingerprint density at radius 2 is 1.71 bits per heavy atom. The van der Waals surface area contributed by atoms with Crippen molar-refractivity contribution < 1.29 is 22.3 Å². The highest BCUT2D eigenvalue weighted by Crippen LogP contribution is 2.36. The summed E-state index contributed by atoms with van der Waals surface area (Å²) in [5.41, 5.74) is 7.64. The molecule has 0 bridgehead atoms. The Morgan fingerprint density at radius 3 is 2.32 bits per heavy atom. The first-order chi connectivity index (χ1) is 14.6. The van der Waals surface area contributed by atoms with Gasteiger partial charge >= 0.3 is 0 Å². The van der Waals surface area contributed by atoms with E-state index in [1.807, 2.05) is 0 Å². The molecule has 9 heteroatoms. The minimum atomic E-state index is -3.59. The van der Waals surface area contributed by atoms with Gasteiger partial charge in [0.15, 0.2) is 27.2 Å². The Morgan fingerprint density at radius 1 is 1.06 bits per heavy atom. The lowest BCUT2D eigenvalue weighted by molar-refractivity contribution is 0.396. The van der Waals surface area contributed by atoms with Gasteiger partial charge in [-0.15, -0.1) is 0 Å². The molecule has 1 aliphatic carbocycles. The molecule has 0 unspecified atom stereocenters. The van der Waals surface area contributed by atoms with Gasteiger partial charge < -0.3 is 16.2 Å². The number of phenolic OH excluding ortho intramolecular Hbond substituents is 1. The van der Waals surface area contributed by atoms with Gasteiger partial charge in [-0.25, -0.2) is 17.2 Å². The van der Waals surface area contributed by atoms with Crippen LogP contribution in [-0.4, -0.2) is 36.8 Å². The highest BCUT2D eigenvalue weighted by atomic mass is 32.2. The van der Waals surface area contributed by atoms with Crippen LogP contribution >= 0.6 is 0 Å². The zero-order chi connectivity index (χ0) is 22.3. The van der Waals surface area contributed by atoms with E-state index in [9.17, 15) is 22.3 Å². The maximum Gasteiger partial charge on any atom is 0.187 e. The van der Waals surface area contributed by atoms with Crippen molar-refractivity contribution in [1.82, 2.24) is 4.98 Å². The van der Waals surface area contributed by atoms with E-state index < -0.39 is 27.2 Å². The fourth-order valence-electron chi connectivity index (χ4n) is 3.98. The van der Waals surface area contributed by atoms with Crippen LogP contribution < -0.4 is 11.1 Å². The number of aromatic nitrogens is 1. The SMILES string of the molecule is CS(=O)(=O)c1cnc2ccc(-c3cc(F)c(O)c(F)c3)cc2c1NC1CCC(N)CC1. The number of aromatic hydroxyl groups is 1. The summed E-state index contributed by atoms with van der Waals surface area (Å²) in [6.45, 7) is 0. The number of rotatable bonds is 4. The number of phenols is 1. The summed E-state index contributed by atoms with van der Waals surface area (Å²) in [6.07, 6.45) is 5.74. The number of hydrogen-bond donors (Lipinski definition) is 3. The second-order valence-electron chi connectivity index (χ2n) is 8.05. The van der Waals surface area contributed by atoms with Crippen molar-refractivity contribution in [1.29, 1.82) is 0 Å². The summed E-state index contributed by atoms with van der Waals surface area (Å²) < 4.78 is 52.6. The van der Waals surface area contributed by atoms with Crippen molar-refractivity contribution in [3.63, 3.8) is 0 Å². The number of sulfone groups is 1. The molecule has 1 aliphatic rings. The summed E-state index contributed by atoms with van der Waals surface area (Å²) in [5, 5.41) is 13.3. The maximum atomic E-state index is 13.9. The first kappa shape index (κ1) is 21.5. The summed E-state index contributed by atoms with van der Waals surface area (Å²) >= 11 is 0. The number of benzene rings is 2. The predicted octanol–water partition coefficient (Wildman–Crippen LogP) is 3.97. The molecule has 1 fully saturated rings. The smallest absolute Gasteiger partial charge is 0.187 e. The van der Waals surface area contributed by atoms with E-state index in [0.29, 0.717) is 22.2 Å². The standard InChI is InChI=1S/C22H23F2N3O3S/c1-31(29,30)20-11-26-19-7-2-12(13-9-17(23)22(28)18(24)10-13)8-16(19)21(20)27-15-5-3-14(25)4-6-15/h2,7-11,14-15,28H,3-6,25H2,1H3,(H,26,27). The number of nitrogens with one attached hydrogen (secondary N) is 1. The molecule has 1 heterocycles. The average Bonchev–Trinajstić information content (AvgIpc) is 2.72. The molecule has 0 aliphatic heterocycles. The van der Waals surface area contributed by atoms with Gasteiger partial charge in [0.1, 0.15) is 4.90 Å². The highest BCUT2D eigenvalue weighted by molar-refractivity contribution is 7.90. The minimum Gasteiger partial charge on any atom is -0.503 e. The zero-order valence-electron chi connectivity index (χ0n) is 16.9. The molecule has 1 aromatic heterocycles. The summed E-state index contributed by atoms with van der Waals surface area (Å²) in [4.78, 5) is 4.34. The molecule has 0 spiro atoms. The lowest BCUT2D eigenvalue weighted by atomic mass is 9.91. The van der Waals surface area contributed by atoms with E-state index in [1.54, 1.807) is 18.2 Å². The van der Waals surface area contributed by atoms with Gasteiger partial charge in [-0.1, -0.05) is 6.07 Å². The molecule has 0 saturated heterocycles. The number of nitrogens with zero attached hydrogens (tertiary/aromatic N) is 1. The fourth-order valence-corrected chi connectivity index (χ4v) is 4.77. The molecule has 4 N–H and O–H groups in total. The van der Waals surface area contributed by atoms with E-state index in [1.165, 1.54) is 6.20 Å². The molecular formula is C22H23F2N3O3S. The summed E-state index contributed by atoms with van der Waals surface area (Å²) in [6, 6.07) is 7.22. The molecule has 0 amide bonds. The van der Waals surface area contributed by atoms with Crippen LogP contribution in [0.2, 0.25) is 0 Å². The average molecular weight is 448 g/mol. The van der Waals surface area contributed by atoms with Gasteiger partial charge in [0, 0.05) is 29.9 Å². The van der Waals surface area contributed by atoms with Crippen LogP contribution in [0.5, 0.6) is 5.75 Å². The Hall–Kier alpha value is -2.78. The van der Waals surface area contributed by atoms with Gasteiger partial charge in [-0.05, 0) is 61.1 Å². The van der Waals surface area contributed by atoms with Crippen LogP contribution in [0.3, 0.4) is 0 Å². The molecule has 31 heavy (non-hydrogen) atoms. The lowest BCUT2D eigenvalue weighted by Gasteiger charge is -2.28. The molecule has 164 valence electrons. The third-order valence-electron chi connectivity index (χ3n) is 5.70. The Bertz CT molecular complexity index is 1230. The van der Waals surface area contributed by atoms with Crippen LogP contribution in [0.1, 0.15) is 25.7 Å². The molecule has 1 saturated carbocycles. The first-order valence-corrected chi connectivity index (χ1v) is 11.9. The number of anilines is 1. The van der Waals surface area contributed by atoms with Crippen molar-refractivity contribution >= 4 is 26.4 Å². The molecule has 0 atom stereocenters. The Kier molecular flexibility index (Phi) is 5.57. The van der Waals surface area contributed by atoms with Crippen molar-refractivity contribution in [2.75, 3.05) is 11.6 Å². The van der Waals surface area contributed by atoms with E-state index in [4.69, 9.17) is 5.73 Å². The minimum absolute atomic E-state index is 0.0538. The monoisotopic (exact) mass is 447 g/mol. The number of pyridine rings is 1. The van der Waals surface area contributed by atoms with Crippen molar-refractivity contribution in [2.24, 2.45) is 5.73 Å². The van der Waals surface area contributed by atoms with Crippen molar-refractivity contribution in [2.45, 2.75) is 42.7 Å². The lowest BCUT2D eigenvalue weighted by Crippen LogP contribution is -2.33. The normalized spacial score (nSPS) is 19.5. The van der Waals surface area contributed by atoms with Gasteiger partial charge in [0.25, 0.3) is 0 Å². The molecule has 6 nitrogen and oxygen atoms in total. The fraction of sp³-hybridized carbons (Fsp3) is 0.318. The number of hydrogen-bond acceptors (Lipinski definition) is 6. The van der Waals surface area contributed by atoms with Gasteiger partial charge in [0.05, 0.1) is 11.2 Å². The topological polar surface area (TPSA) is 105 Å². The van der Waals surface area contributed by atoms with Crippen LogP contribution in [-0.2, 0) is 9.84 Å². The second kappa shape index (κ2) is 8.05. The van der Waals surface area contributed by atoms with Gasteiger partial charge in [-0.2, -0.15) is 0 Å². The zero-order valence-corrected chi connectivity index (χ0v) is 17.7. The maximum absolute atomic E-state index is 13.9. The van der Waals surface area contributed by atoms with Gasteiger partial charge in [0.2, 0.25) is 0 Å². The van der Waals surface area contributed by atoms with Crippen LogP contribution in [0, 0.1) is 11.6 Å². The highest BCUT2D eigenvalue weighted by Gasteiger charge is 2.23. The Balaban J connectivity index is 1.87. The molecule has 2 aromatic carbocycles. The van der Waals surface area contributed by atoms with E-state index in [0.717, 1.165) is 44.1 Å². The van der Waals surface area contributed by atoms with E-state index in [-0.39, 0.29) is 22.5 Å². The third kappa shape index (κ3) is 4.33. The molecule has 0 radical (unpaired) electrons. The van der Waals surface area contributed by atoms with E-state index in [2.05, 4.69) is 10.3 Å². The molecule has 4 rings (SSSR count). The first-order valence-electron chi connectivity index (χ1n) is 9.97. The summed E-state index contributed by atoms with van der Waals surface area (Å²) in [5.74, 6) is -3.19. The van der Waals surface area contributed by atoms with Crippen LogP contribution in [0.25, 0.3) is 22.0 Å². The molecule has 3 aromatic rings. The molecular weight excluding hydrogens is 424 g/mol. The number of halogens is 2. The van der Waals surface area contributed by atoms with Crippen molar-refractivity contribution in [3.8, 4) is 16.9 Å². The van der Waals surface area contributed by atoms with Crippen molar-refractivity contribution in [3.05, 3.63) is 48.2 Å². The number of fused-ring (bicyclic) bond motifs is 1. The summed E-state index contributed by atoms with van der Waals surface area (Å²) in [7, 11) is -3.59. The number of nitrogens with two attached hydrogens (primary N) is 1. The van der Waals surface area contributed by atoms with Gasteiger partial charge in [-0.3, -0.25) is 4.98 Å². The largest absolute Gasteiger partial charge is 0.503 e. The van der Waals surface area contributed by atoms with Crippen LogP contribution in [0.4, 0.5) is 14.5 Å². The quantitative estimate of drug-likeness (QED) is 0.559. The van der Waals surface area contributed by atoms with E-state index >= 15 is 0 Å². The predicted molar refractivity (Wildman–Crippen MR) is 116 cm³/mol. The second-order valence-corrected chi connectivity index (χ2v) is 10.0. The third-order valence-corrected chi connectivity index (χ3v) is 6.81.